The van der Waals surface area contributed by atoms with Crippen LogP contribution in [-0.4, -0.2) is 68.8 Å². The third-order valence-corrected chi connectivity index (χ3v) is 6.31. The quantitative estimate of drug-likeness (QED) is 0.771. The second kappa shape index (κ2) is 7.14. The second-order valence-corrected chi connectivity index (χ2v) is 7.97. The number of ether oxygens (including phenoxy) is 1. The van der Waals surface area contributed by atoms with Crippen molar-refractivity contribution in [2.45, 2.75) is 17.9 Å². The lowest BCUT2D eigenvalue weighted by Gasteiger charge is -2.29. The van der Waals surface area contributed by atoms with Crippen LogP contribution in [0, 0.1) is 5.92 Å². The highest BCUT2D eigenvalue weighted by Gasteiger charge is 2.32. The Morgan fingerprint density at radius 2 is 1.72 bits per heavy atom. The molecule has 0 unspecified atom stereocenters. The van der Waals surface area contributed by atoms with Crippen LogP contribution in [0.5, 0.6) is 0 Å². The highest BCUT2D eigenvalue weighted by Crippen LogP contribution is 2.23. The highest BCUT2D eigenvalue weighted by atomic mass is 32.2. The zero-order valence-electron chi connectivity index (χ0n) is 13.7. The first-order chi connectivity index (χ1) is 11.9. The van der Waals surface area contributed by atoms with Gasteiger partial charge in [-0.2, -0.15) is 4.31 Å². The predicted molar refractivity (Wildman–Crippen MR) is 86.1 cm³/mol. The molecule has 2 aliphatic rings. The average molecular weight is 371 g/mol. The molecule has 10 heteroatoms. The number of nitrogens with zero attached hydrogens (tertiary/aromatic N) is 2. The normalized spacial score (nSPS) is 20.6. The molecule has 3 heterocycles. The van der Waals surface area contributed by atoms with E-state index in [1.54, 1.807) is 4.90 Å². The molecule has 3 rings (SSSR count). The fourth-order valence-electron chi connectivity index (χ4n) is 3.01. The van der Waals surface area contributed by atoms with Crippen LogP contribution in [0.25, 0.3) is 0 Å². The molecular formula is C15H21N3O6S. The Morgan fingerprint density at radius 1 is 1.08 bits per heavy atom. The maximum Gasteiger partial charge on any atom is 0.289 e. The number of likely N-dealkylation sites (tertiary alicyclic amines) is 1. The van der Waals surface area contributed by atoms with Gasteiger partial charge in [0.15, 0.2) is 5.76 Å². The fourth-order valence-corrected chi connectivity index (χ4v) is 4.33. The Hall–Kier alpha value is -1.91. The molecule has 2 fully saturated rings. The molecule has 2 saturated heterocycles. The number of nitrogens with two attached hydrogens (primary N) is 1. The summed E-state index contributed by atoms with van der Waals surface area (Å²) < 4.78 is 36.8. The Balaban J connectivity index is 1.69. The minimum Gasteiger partial charge on any atom is -0.438 e. The first-order valence-electron chi connectivity index (χ1n) is 8.16. The molecule has 25 heavy (non-hydrogen) atoms. The van der Waals surface area contributed by atoms with E-state index >= 15 is 0 Å². The van der Waals surface area contributed by atoms with Gasteiger partial charge in [-0.15, -0.1) is 0 Å². The Morgan fingerprint density at radius 3 is 2.32 bits per heavy atom. The van der Waals surface area contributed by atoms with E-state index in [-0.39, 0.29) is 41.7 Å². The number of carbonyl (C=O) groups is 2. The molecule has 0 atom stereocenters. The van der Waals surface area contributed by atoms with Gasteiger partial charge in [0, 0.05) is 32.1 Å². The summed E-state index contributed by atoms with van der Waals surface area (Å²) in [6.45, 7) is 1.96. The molecule has 0 saturated carbocycles. The molecule has 1 aromatic heterocycles. The Bertz CT molecular complexity index is 745. The zero-order valence-corrected chi connectivity index (χ0v) is 14.5. The smallest absolute Gasteiger partial charge is 0.289 e. The van der Waals surface area contributed by atoms with Crippen molar-refractivity contribution in [2.75, 3.05) is 39.4 Å². The third-order valence-electron chi connectivity index (χ3n) is 4.54. The van der Waals surface area contributed by atoms with Crippen LogP contribution in [0.2, 0.25) is 0 Å². The van der Waals surface area contributed by atoms with Crippen molar-refractivity contribution >= 4 is 21.8 Å². The summed E-state index contributed by atoms with van der Waals surface area (Å²) in [7, 11) is -3.77. The van der Waals surface area contributed by atoms with Gasteiger partial charge in [-0.3, -0.25) is 9.59 Å². The van der Waals surface area contributed by atoms with Gasteiger partial charge >= 0.3 is 0 Å². The highest BCUT2D eigenvalue weighted by molar-refractivity contribution is 7.89. The lowest BCUT2D eigenvalue weighted by molar-refractivity contribution is -0.123. The molecule has 0 aliphatic carbocycles. The van der Waals surface area contributed by atoms with Crippen molar-refractivity contribution in [2.24, 2.45) is 11.7 Å². The van der Waals surface area contributed by atoms with Gasteiger partial charge in [-0.05, 0) is 25.0 Å². The summed E-state index contributed by atoms with van der Waals surface area (Å²) in [5.74, 6) is -0.988. The monoisotopic (exact) mass is 371 g/mol. The van der Waals surface area contributed by atoms with E-state index in [1.165, 1.54) is 16.4 Å². The van der Waals surface area contributed by atoms with Gasteiger partial charge in [0.25, 0.3) is 15.9 Å². The van der Waals surface area contributed by atoms with E-state index in [0.29, 0.717) is 39.1 Å². The third kappa shape index (κ3) is 3.70. The number of hydrogen-bond donors (Lipinski definition) is 1. The second-order valence-electron chi connectivity index (χ2n) is 6.10. The van der Waals surface area contributed by atoms with Crippen LogP contribution in [0.1, 0.15) is 23.4 Å². The molecule has 0 radical (unpaired) electrons. The number of carbonyl (C=O) groups excluding carboxylic acids is 2. The number of sulfonamides is 1. The maximum atomic E-state index is 12.5. The predicted octanol–water partition coefficient (Wildman–Crippen LogP) is -0.362. The number of piperidine rings is 1. The number of primary amides is 1. The molecule has 9 nitrogen and oxygen atoms in total. The lowest BCUT2D eigenvalue weighted by Crippen LogP contribution is -2.41. The molecule has 2 aliphatic heterocycles. The number of hydrogen-bond acceptors (Lipinski definition) is 6. The largest absolute Gasteiger partial charge is 0.438 e. The van der Waals surface area contributed by atoms with Gasteiger partial charge in [0.2, 0.25) is 11.0 Å². The van der Waals surface area contributed by atoms with Gasteiger partial charge in [-0.1, -0.05) is 0 Å². The van der Waals surface area contributed by atoms with Crippen LogP contribution in [0.15, 0.2) is 21.6 Å². The minimum absolute atomic E-state index is 0.0237. The summed E-state index contributed by atoms with van der Waals surface area (Å²) in [4.78, 5) is 25.2. The molecule has 0 aromatic carbocycles. The summed E-state index contributed by atoms with van der Waals surface area (Å²) in [6.07, 6.45) is 1.00. The lowest BCUT2D eigenvalue weighted by atomic mass is 9.96. The topological polar surface area (TPSA) is 123 Å². The van der Waals surface area contributed by atoms with Crippen LogP contribution < -0.4 is 5.73 Å². The standard InChI is InChI=1S/C15H21N3O6S/c16-14(19)11-3-5-17(6-4-11)15(20)12-1-2-13(24-12)25(21,22)18-7-9-23-10-8-18/h1-2,11H,3-10H2,(H2,16,19). The number of morpholine rings is 1. The zero-order chi connectivity index (χ0) is 18.0. The fraction of sp³-hybridized carbons (Fsp3) is 0.600. The van der Waals surface area contributed by atoms with Crippen molar-refractivity contribution in [3.8, 4) is 0 Å². The summed E-state index contributed by atoms with van der Waals surface area (Å²) >= 11 is 0. The number of rotatable bonds is 4. The molecule has 138 valence electrons. The van der Waals surface area contributed by atoms with Crippen molar-refractivity contribution < 1.29 is 27.2 Å². The van der Waals surface area contributed by atoms with E-state index in [4.69, 9.17) is 14.9 Å². The van der Waals surface area contributed by atoms with Gasteiger partial charge in [0.05, 0.1) is 13.2 Å². The molecule has 0 spiro atoms. The van der Waals surface area contributed by atoms with Crippen LogP contribution in [-0.2, 0) is 19.6 Å². The summed E-state index contributed by atoms with van der Waals surface area (Å²) in [6, 6.07) is 2.67. The van der Waals surface area contributed by atoms with E-state index in [9.17, 15) is 18.0 Å². The van der Waals surface area contributed by atoms with Crippen molar-refractivity contribution in [3.63, 3.8) is 0 Å². The van der Waals surface area contributed by atoms with Crippen molar-refractivity contribution in [3.05, 3.63) is 17.9 Å². The van der Waals surface area contributed by atoms with Crippen molar-refractivity contribution in [1.29, 1.82) is 0 Å². The first kappa shape index (κ1) is 17.9. The average Bonchev–Trinajstić information content (AvgIpc) is 3.13. The van der Waals surface area contributed by atoms with E-state index in [0.717, 1.165) is 0 Å². The van der Waals surface area contributed by atoms with Crippen LogP contribution >= 0.6 is 0 Å². The summed E-state index contributed by atoms with van der Waals surface area (Å²) in [5.41, 5.74) is 5.28. The maximum absolute atomic E-state index is 12.5. The molecule has 1 aromatic rings. The van der Waals surface area contributed by atoms with E-state index in [1.807, 2.05) is 0 Å². The number of furan rings is 1. The SMILES string of the molecule is NC(=O)C1CCN(C(=O)c2ccc(S(=O)(=O)N3CCOCC3)o2)CC1. The Kier molecular flexibility index (Phi) is 5.11. The van der Waals surface area contributed by atoms with Gasteiger partial charge in [-0.25, -0.2) is 8.42 Å². The number of amides is 2. The first-order valence-corrected chi connectivity index (χ1v) is 9.60. The van der Waals surface area contributed by atoms with Crippen LogP contribution in [0.3, 0.4) is 0 Å². The van der Waals surface area contributed by atoms with Gasteiger partial charge in [0.1, 0.15) is 0 Å². The molecule has 2 amide bonds. The van der Waals surface area contributed by atoms with Gasteiger partial charge < -0.3 is 19.8 Å². The van der Waals surface area contributed by atoms with Crippen molar-refractivity contribution in [1.82, 2.24) is 9.21 Å². The van der Waals surface area contributed by atoms with Crippen LogP contribution in [0.4, 0.5) is 0 Å². The van der Waals surface area contributed by atoms with E-state index < -0.39 is 10.0 Å². The molecule has 0 bridgehead atoms. The Labute approximate surface area is 145 Å². The minimum atomic E-state index is -3.77. The summed E-state index contributed by atoms with van der Waals surface area (Å²) in [5, 5.41) is -0.246. The molecular weight excluding hydrogens is 350 g/mol. The van der Waals surface area contributed by atoms with E-state index in [2.05, 4.69) is 0 Å². The molecule has 2 N–H and O–H groups in total.